The Morgan fingerprint density at radius 3 is 2.39 bits per heavy atom. The third-order valence-electron chi connectivity index (χ3n) is 3.94. The van der Waals surface area contributed by atoms with Gasteiger partial charge in [0.25, 0.3) is 0 Å². The summed E-state index contributed by atoms with van der Waals surface area (Å²) in [5, 5.41) is 18.7. The van der Waals surface area contributed by atoms with E-state index in [9.17, 15) is 19.5 Å². The minimum Gasteiger partial charge on any atom is -0.480 e. The highest BCUT2D eigenvalue weighted by atomic mass is 16.5. The highest BCUT2D eigenvalue weighted by molar-refractivity contribution is 6.04. The molecule has 0 fully saturated rings. The molecule has 1 aromatic rings. The molecular formula is C17H16O6. The van der Waals surface area contributed by atoms with Crippen molar-refractivity contribution in [1.29, 1.82) is 0 Å². The van der Waals surface area contributed by atoms with Crippen molar-refractivity contribution in [2.45, 2.75) is 13.5 Å². The Morgan fingerprint density at radius 1 is 1.17 bits per heavy atom. The molecule has 120 valence electrons. The fraction of sp³-hybridized carbons (Fsp3) is 0.235. The first kappa shape index (κ1) is 16.5. The summed E-state index contributed by atoms with van der Waals surface area (Å²) in [5.74, 6) is -4.73. The SMILES string of the molecule is CC1C(C(=O)O)=CC=CC1(C(=O)O)C(=O)OCc1ccccc1. The third-order valence-corrected chi connectivity index (χ3v) is 3.94. The summed E-state index contributed by atoms with van der Waals surface area (Å²) in [4.78, 5) is 35.4. The van der Waals surface area contributed by atoms with Crippen molar-refractivity contribution in [1.82, 2.24) is 0 Å². The van der Waals surface area contributed by atoms with Crippen LogP contribution in [0.1, 0.15) is 12.5 Å². The molecule has 1 aliphatic rings. The first-order valence-electron chi connectivity index (χ1n) is 6.97. The van der Waals surface area contributed by atoms with E-state index in [0.29, 0.717) is 5.56 Å². The van der Waals surface area contributed by atoms with E-state index < -0.39 is 29.2 Å². The van der Waals surface area contributed by atoms with E-state index in [2.05, 4.69) is 0 Å². The predicted molar refractivity (Wildman–Crippen MR) is 80.3 cm³/mol. The van der Waals surface area contributed by atoms with Gasteiger partial charge in [-0.2, -0.15) is 0 Å². The van der Waals surface area contributed by atoms with Crippen LogP contribution in [-0.2, 0) is 25.7 Å². The molecule has 0 aromatic heterocycles. The molecule has 0 amide bonds. The maximum Gasteiger partial charge on any atom is 0.331 e. The van der Waals surface area contributed by atoms with Crippen LogP contribution < -0.4 is 0 Å². The van der Waals surface area contributed by atoms with E-state index in [4.69, 9.17) is 9.84 Å². The van der Waals surface area contributed by atoms with Crippen LogP contribution in [0, 0.1) is 11.3 Å². The molecule has 0 aliphatic heterocycles. The summed E-state index contributed by atoms with van der Waals surface area (Å²) >= 11 is 0. The van der Waals surface area contributed by atoms with Gasteiger partial charge < -0.3 is 14.9 Å². The molecule has 0 radical (unpaired) electrons. The first-order chi connectivity index (χ1) is 10.9. The fourth-order valence-corrected chi connectivity index (χ4v) is 2.53. The molecule has 2 unspecified atom stereocenters. The molecule has 6 heteroatoms. The van der Waals surface area contributed by atoms with Gasteiger partial charge in [-0.3, -0.25) is 9.59 Å². The van der Waals surface area contributed by atoms with Gasteiger partial charge in [0.1, 0.15) is 6.61 Å². The quantitative estimate of drug-likeness (QED) is 0.636. The van der Waals surface area contributed by atoms with Gasteiger partial charge in [0.15, 0.2) is 5.41 Å². The molecule has 1 aliphatic carbocycles. The Morgan fingerprint density at radius 2 is 1.83 bits per heavy atom. The van der Waals surface area contributed by atoms with E-state index in [1.165, 1.54) is 25.2 Å². The molecule has 2 atom stereocenters. The number of carboxylic acids is 2. The Labute approximate surface area is 132 Å². The number of hydrogen-bond donors (Lipinski definition) is 2. The second-order valence-electron chi connectivity index (χ2n) is 5.24. The number of carbonyl (C=O) groups excluding carboxylic acids is 1. The van der Waals surface area contributed by atoms with E-state index in [0.717, 1.165) is 0 Å². The lowest BCUT2D eigenvalue weighted by Crippen LogP contribution is -2.46. The molecule has 0 spiro atoms. The third kappa shape index (κ3) is 3.01. The molecule has 0 bridgehead atoms. The van der Waals surface area contributed by atoms with Crippen LogP contribution in [0.5, 0.6) is 0 Å². The standard InChI is InChI=1S/C17H16O6/c1-11-13(14(18)19)8-5-9-17(11,15(20)21)16(22)23-10-12-6-3-2-4-7-12/h2-9,11H,10H2,1H3,(H,18,19)(H,20,21). The van der Waals surface area contributed by atoms with Gasteiger partial charge in [-0.25, -0.2) is 4.79 Å². The molecule has 0 saturated carbocycles. The number of carbonyl (C=O) groups is 3. The van der Waals surface area contributed by atoms with Crippen LogP contribution in [0.2, 0.25) is 0 Å². The van der Waals surface area contributed by atoms with E-state index in [-0.39, 0.29) is 12.2 Å². The maximum absolute atomic E-state index is 12.4. The van der Waals surface area contributed by atoms with Crippen LogP contribution in [-0.4, -0.2) is 28.1 Å². The number of esters is 1. The van der Waals surface area contributed by atoms with Gasteiger partial charge in [0.2, 0.25) is 0 Å². The van der Waals surface area contributed by atoms with E-state index in [1.807, 2.05) is 0 Å². The molecule has 6 nitrogen and oxygen atoms in total. The van der Waals surface area contributed by atoms with Gasteiger partial charge in [-0.15, -0.1) is 0 Å². The van der Waals surface area contributed by atoms with Gasteiger partial charge in [-0.05, 0) is 5.56 Å². The number of rotatable bonds is 5. The van der Waals surface area contributed by atoms with Crippen molar-refractivity contribution in [3.63, 3.8) is 0 Å². The summed E-state index contributed by atoms with van der Waals surface area (Å²) in [6.07, 6.45) is 3.74. The fourth-order valence-electron chi connectivity index (χ4n) is 2.53. The minimum absolute atomic E-state index is 0.0820. The smallest absolute Gasteiger partial charge is 0.331 e. The topological polar surface area (TPSA) is 101 Å². The van der Waals surface area contributed by atoms with Gasteiger partial charge in [0.05, 0.1) is 0 Å². The highest BCUT2D eigenvalue weighted by Gasteiger charge is 2.53. The molecule has 23 heavy (non-hydrogen) atoms. The van der Waals surface area contributed by atoms with Crippen molar-refractivity contribution < 1.29 is 29.3 Å². The average Bonchev–Trinajstić information content (AvgIpc) is 2.53. The van der Waals surface area contributed by atoms with E-state index >= 15 is 0 Å². The van der Waals surface area contributed by atoms with Crippen LogP contribution in [0.25, 0.3) is 0 Å². The summed E-state index contributed by atoms with van der Waals surface area (Å²) in [6, 6.07) is 8.82. The minimum atomic E-state index is -2.04. The van der Waals surface area contributed by atoms with Crippen molar-refractivity contribution in [3.05, 3.63) is 59.7 Å². The normalized spacial score (nSPS) is 23.0. The molecule has 0 saturated heterocycles. The second-order valence-corrected chi connectivity index (χ2v) is 5.24. The number of aliphatic carboxylic acids is 2. The largest absolute Gasteiger partial charge is 0.480 e. The van der Waals surface area contributed by atoms with Crippen LogP contribution in [0.3, 0.4) is 0 Å². The number of ether oxygens (including phenoxy) is 1. The number of allylic oxidation sites excluding steroid dienone is 2. The average molecular weight is 316 g/mol. The summed E-state index contributed by atoms with van der Waals surface area (Å²) in [5.41, 5.74) is -1.48. The van der Waals surface area contributed by atoms with E-state index in [1.54, 1.807) is 30.3 Å². The predicted octanol–water partition coefficient (Wildman–Crippen LogP) is 2.02. The number of benzene rings is 1. The maximum atomic E-state index is 12.4. The van der Waals surface area contributed by atoms with Crippen LogP contribution in [0.15, 0.2) is 54.1 Å². The second kappa shape index (κ2) is 6.48. The lowest BCUT2D eigenvalue weighted by Gasteiger charge is -2.32. The monoisotopic (exact) mass is 316 g/mol. The van der Waals surface area contributed by atoms with Gasteiger partial charge in [-0.1, -0.05) is 55.5 Å². The lowest BCUT2D eigenvalue weighted by molar-refractivity contribution is -0.168. The number of hydrogen-bond acceptors (Lipinski definition) is 4. The zero-order chi connectivity index (χ0) is 17.0. The highest BCUT2D eigenvalue weighted by Crippen LogP contribution is 2.39. The van der Waals surface area contributed by atoms with Gasteiger partial charge >= 0.3 is 17.9 Å². The zero-order valence-corrected chi connectivity index (χ0v) is 12.4. The summed E-state index contributed by atoms with van der Waals surface area (Å²) in [7, 11) is 0. The van der Waals surface area contributed by atoms with Crippen LogP contribution >= 0.6 is 0 Å². The molecular weight excluding hydrogens is 300 g/mol. The Bertz CT molecular complexity index is 688. The molecule has 1 aromatic carbocycles. The Hall–Kier alpha value is -2.89. The lowest BCUT2D eigenvalue weighted by atomic mass is 9.70. The van der Waals surface area contributed by atoms with Crippen molar-refractivity contribution in [2.24, 2.45) is 11.3 Å². The molecule has 0 heterocycles. The molecule has 2 N–H and O–H groups in total. The van der Waals surface area contributed by atoms with Crippen LogP contribution in [0.4, 0.5) is 0 Å². The molecule has 2 rings (SSSR count). The summed E-state index contributed by atoms with van der Waals surface area (Å²) < 4.78 is 5.14. The van der Waals surface area contributed by atoms with Gasteiger partial charge in [0, 0.05) is 11.5 Å². The summed E-state index contributed by atoms with van der Waals surface area (Å²) in [6.45, 7) is 1.31. The number of carboxylic acid groups (broad SMARTS) is 2. The van der Waals surface area contributed by atoms with Crippen molar-refractivity contribution >= 4 is 17.9 Å². The Kier molecular flexibility index (Phi) is 4.64. The first-order valence-corrected chi connectivity index (χ1v) is 6.97. The van der Waals surface area contributed by atoms with Crippen molar-refractivity contribution in [3.8, 4) is 0 Å². The zero-order valence-electron chi connectivity index (χ0n) is 12.4. The van der Waals surface area contributed by atoms with Crippen molar-refractivity contribution in [2.75, 3.05) is 0 Å². The Balaban J connectivity index is 2.26.